The predicted molar refractivity (Wildman–Crippen MR) is 80.6 cm³/mol. The number of azide groups is 1. The fraction of sp³-hybridized carbons (Fsp3) is 0.692. The van der Waals surface area contributed by atoms with Crippen LogP contribution in [0.1, 0.15) is 38.4 Å². The first kappa shape index (κ1) is 16.6. The molecule has 0 spiro atoms. The van der Waals surface area contributed by atoms with Crippen LogP contribution in [0.2, 0.25) is 0 Å². The number of hydrogen-bond acceptors (Lipinski definition) is 5. The van der Waals surface area contributed by atoms with Crippen LogP contribution in [0.25, 0.3) is 10.4 Å². The number of thiazole rings is 1. The SMILES string of the molecule is CC(C)N[C@@H](Cc1nc(CN=[N+]=[N-])cs1)C(=O)C(C)C. The molecule has 20 heavy (non-hydrogen) atoms. The molecule has 0 saturated heterocycles. The molecule has 0 aliphatic heterocycles. The van der Waals surface area contributed by atoms with Crippen LogP contribution in [0, 0.1) is 5.92 Å². The Bertz CT molecular complexity index is 491. The van der Waals surface area contributed by atoms with E-state index in [2.05, 4.69) is 20.3 Å². The molecule has 0 fully saturated rings. The molecule has 0 bridgehead atoms. The van der Waals surface area contributed by atoms with Gasteiger partial charge >= 0.3 is 0 Å². The van der Waals surface area contributed by atoms with E-state index in [1.54, 1.807) is 0 Å². The highest BCUT2D eigenvalue weighted by molar-refractivity contribution is 7.09. The zero-order chi connectivity index (χ0) is 15.1. The molecule has 110 valence electrons. The molecular weight excluding hydrogens is 274 g/mol. The van der Waals surface area contributed by atoms with E-state index in [4.69, 9.17) is 5.53 Å². The van der Waals surface area contributed by atoms with Crippen molar-refractivity contribution in [2.24, 2.45) is 11.0 Å². The smallest absolute Gasteiger partial charge is 0.152 e. The number of rotatable bonds is 8. The maximum Gasteiger partial charge on any atom is 0.152 e. The Morgan fingerprint density at radius 3 is 2.75 bits per heavy atom. The number of hydrogen-bond donors (Lipinski definition) is 1. The zero-order valence-electron chi connectivity index (χ0n) is 12.3. The summed E-state index contributed by atoms with van der Waals surface area (Å²) < 4.78 is 0. The van der Waals surface area contributed by atoms with Crippen molar-refractivity contribution >= 4 is 17.1 Å². The molecule has 0 amide bonds. The molecule has 1 heterocycles. The van der Waals surface area contributed by atoms with E-state index < -0.39 is 0 Å². The van der Waals surface area contributed by atoms with Gasteiger partial charge in [-0.05, 0) is 5.53 Å². The fourth-order valence-corrected chi connectivity index (χ4v) is 2.67. The predicted octanol–water partition coefficient (Wildman–Crippen LogP) is 3.09. The standard InChI is InChI=1S/C13H21N5OS/c1-8(2)13(19)11(16-9(3)4)5-12-17-10(7-20-12)6-15-18-14/h7-9,11,16H,5-6H2,1-4H3/t11-/m0/s1. The van der Waals surface area contributed by atoms with Crippen LogP contribution in [0.15, 0.2) is 10.5 Å². The van der Waals surface area contributed by atoms with Gasteiger partial charge in [-0.2, -0.15) is 0 Å². The molecule has 7 heteroatoms. The van der Waals surface area contributed by atoms with Crippen molar-refractivity contribution in [3.05, 3.63) is 26.5 Å². The first-order valence-corrected chi connectivity index (χ1v) is 7.56. The second-order valence-electron chi connectivity index (χ2n) is 5.26. The van der Waals surface area contributed by atoms with Crippen molar-refractivity contribution in [2.75, 3.05) is 0 Å². The molecular formula is C13H21N5OS. The van der Waals surface area contributed by atoms with Crippen LogP contribution >= 0.6 is 11.3 Å². The van der Waals surface area contributed by atoms with E-state index >= 15 is 0 Å². The van der Waals surface area contributed by atoms with Crippen LogP contribution in [0.4, 0.5) is 0 Å². The van der Waals surface area contributed by atoms with Crippen molar-refractivity contribution in [1.82, 2.24) is 10.3 Å². The molecule has 0 aliphatic rings. The van der Waals surface area contributed by atoms with E-state index in [0.29, 0.717) is 6.42 Å². The van der Waals surface area contributed by atoms with Gasteiger partial charge in [-0.3, -0.25) is 4.79 Å². The second kappa shape index (κ2) is 7.99. The minimum absolute atomic E-state index is 0.00567. The number of ketones is 1. The quantitative estimate of drug-likeness (QED) is 0.454. The molecule has 1 rings (SSSR count). The molecule has 1 aromatic heterocycles. The molecule has 1 atom stereocenters. The van der Waals surface area contributed by atoms with Crippen LogP contribution in [0.5, 0.6) is 0 Å². The van der Waals surface area contributed by atoms with Gasteiger partial charge in [0, 0.05) is 28.7 Å². The Balaban J connectivity index is 2.75. The van der Waals surface area contributed by atoms with Crippen molar-refractivity contribution in [3.8, 4) is 0 Å². The second-order valence-corrected chi connectivity index (χ2v) is 6.20. The van der Waals surface area contributed by atoms with Gasteiger partial charge in [0.2, 0.25) is 0 Å². The van der Waals surface area contributed by atoms with Crippen LogP contribution in [0.3, 0.4) is 0 Å². The summed E-state index contributed by atoms with van der Waals surface area (Å²) in [6.07, 6.45) is 0.579. The van der Waals surface area contributed by atoms with E-state index in [1.165, 1.54) is 11.3 Å². The van der Waals surface area contributed by atoms with Crippen LogP contribution < -0.4 is 5.32 Å². The number of nitrogens with zero attached hydrogens (tertiary/aromatic N) is 4. The fourth-order valence-electron chi connectivity index (χ4n) is 1.84. The van der Waals surface area contributed by atoms with Gasteiger partial charge in [0.25, 0.3) is 0 Å². The summed E-state index contributed by atoms with van der Waals surface area (Å²) in [5.41, 5.74) is 9.04. The Morgan fingerprint density at radius 1 is 1.50 bits per heavy atom. The van der Waals surface area contributed by atoms with E-state index in [9.17, 15) is 4.79 Å². The van der Waals surface area contributed by atoms with Gasteiger partial charge in [-0.25, -0.2) is 4.98 Å². The number of Topliss-reactive ketones (excluding diaryl/α,β-unsaturated/α-hetero) is 1. The van der Waals surface area contributed by atoms with Gasteiger partial charge in [-0.1, -0.05) is 32.8 Å². The molecule has 1 aromatic rings. The lowest BCUT2D eigenvalue weighted by Gasteiger charge is -2.21. The summed E-state index contributed by atoms with van der Waals surface area (Å²) in [6, 6.07) is 0.0267. The van der Waals surface area contributed by atoms with Gasteiger partial charge in [0.1, 0.15) is 0 Å². The highest BCUT2D eigenvalue weighted by Crippen LogP contribution is 2.15. The topological polar surface area (TPSA) is 90.8 Å². The third-order valence-electron chi connectivity index (χ3n) is 2.72. The lowest BCUT2D eigenvalue weighted by Crippen LogP contribution is -2.44. The number of carbonyl (C=O) groups excluding carboxylic acids is 1. The van der Waals surface area contributed by atoms with E-state index in [-0.39, 0.29) is 30.3 Å². The Kier molecular flexibility index (Phi) is 6.64. The number of nitrogens with one attached hydrogen (secondary N) is 1. The van der Waals surface area contributed by atoms with Crippen molar-refractivity contribution in [1.29, 1.82) is 0 Å². The molecule has 0 saturated carbocycles. The Hall–Kier alpha value is -1.43. The minimum Gasteiger partial charge on any atom is -0.305 e. The first-order valence-electron chi connectivity index (χ1n) is 6.68. The largest absolute Gasteiger partial charge is 0.305 e. The third-order valence-corrected chi connectivity index (χ3v) is 3.64. The van der Waals surface area contributed by atoms with Gasteiger partial charge < -0.3 is 5.32 Å². The highest BCUT2D eigenvalue weighted by Gasteiger charge is 2.23. The van der Waals surface area contributed by atoms with Crippen LogP contribution in [-0.2, 0) is 17.8 Å². The maximum atomic E-state index is 12.2. The van der Waals surface area contributed by atoms with Gasteiger partial charge in [0.05, 0.1) is 23.3 Å². The summed E-state index contributed by atoms with van der Waals surface area (Å²) in [5, 5.41) is 9.55. The Morgan fingerprint density at radius 2 is 2.20 bits per heavy atom. The molecule has 1 N–H and O–H groups in total. The third kappa shape index (κ3) is 5.28. The molecule has 0 unspecified atom stereocenters. The Labute approximate surface area is 123 Å². The molecule has 0 radical (unpaired) electrons. The molecule has 0 aliphatic carbocycles. The van der Waals surface area contributed by atoms with Gasteiger partial charge in [-0.15, -0.1) is 11.3 Å². The minimum atomic E-state index is -0.214. The highest BCUT2D eigenvalue weighted by atomic mass is 32.1. The lowest BCUT2D eigenvalue weighted by molar-refractivity contribution is -0.124. The zero-order valence-corrected chi connectivity index (χ0v) is 13.1. The van der Waals surface area contributed by atoms with E-state index in [1.807, 2.05) is 33.1 Å². The number of carbonyl (C=O) groups is 1. The normalized spacial score (nSPS) is 12.5. The van der Waals surface area contributed by atoms with Crippen molar-refractivity contribution in [2.45, 2.75) is 52.7 Å². The van der Waals surface area contributed by atoms with Crippen molar-refractivity contribution < 1.29 is 4.79 Å². The summed E-state index contributed by atoms with van der Waals surface area (Å²) in [4.78, 5) is 19.3. The first-order chi connectivity index (χ1) is 9.43. The van der Waals surface area contributed by atoms with E-state index in [0.717, 1.165) is 10.7 Å². The summed E-state index contributed by atoms with van der Waals surface area (Å²) in [6.45, 7) is 8.12. The van der Waals surface area contributed by atoms with Crippen molar-refractivity contribution in [3.63, 3.8) is 0 Å². The number of aromatic nitrogens is 1. The molecule has 0 aromatic carbocycles. The summed E-state index contributed by atoms with van der Waals surface area (Å²) in [5.74, 6) is 0.194. The lowest BCUT2D eigenvalue weighted by atomic mass is 9.99. The molecule has 6 nitrogen and oxygen atoms in total. The average molecular weight is 295 g/mol. The van der Waals surface area contributed by atoms with Crippen LogP contribution in [-0.4, -0.2) is 22.9 Å². The average Bonchev–Trinajstić information content (AvgIpc) is 2.81. The summed E-state index contributed by atoms with van der Waals surface area (Å²) in [7, 11) is 0. The van der Waals surface area contributed by atoms with Gasteiger partial charge in [0.15, 0.2) is 5.78 Å². The maximum absolute atomic E-state index is 12.2. The monoisotopic (exact) mass is 295 g/mol. The summed E-state index contributed by atoms with van der Waals surface area (Å²) >= 11 is 1.50.